The minimum atomic E-state index is -0.0678. The lowest BCUT2D eigenvalue weighted by molar-refractivity contribution is 0.0247. The van der Waals surface area contributed by atoms with Gasteiger partial charge in [-0.3, -0.25) is 0 Å². The molecule has 0 radical (unpaired) electrons. The van der Waals surface area contributed by atoms with Gasteiger partial charge in [-0.05, 0) is 58.2 Å². The average Bonchev–Trinajstić information content (AvgIpc) is 2.40. The first-order valence-corrected chi connectivity index (χ1v) is 8.61. The Morgan fingerprint density at radius 3 is 2.35 bits per heavy atom. The summed E-state index contributed by atoms with van der Waals surface area (Å²) in [6, 6.07) is 0. The maximum absolute atomic E-state index is 10.3. The first-order valence-electron chi connectivity index (χ1n) is 8.61. The Morgan fingerprint density at radius 2 is 1.75 bits per heavy atom. The molecule has 0 bridgehead atoms. The van der Waals surface area contributed by atoms with Gasteiger partial charge in [0.25, 0.3) is 0 Å². The van der Waals surface area contributed by atoms with E-state index in [0.29, 0.717) is 5.92 Å². The van der Waals surface area contributed by atoms with E-state index >= 15 is 0 Å². The molecule has 20 heavy (non-hydrogen) atoms. The SMILES string of the molecule is CCCC1CCC(O)C(CN(CCC)CCN(C)C)C1. The van der Waals surface area contributed by atoms with Crippen molar-refractivity contribution in [2.24, 2.45) is 11.8 Å². The van der Waals surface area contributed by atoms with Gasteiger partial charge >= 0.3 is 0 Å². The molecule has 3 heteroatoms. The molecule has 1 aliphatic rings. The topological polar surface area (TPSA) is 26.7 Å². The van der Waals surface area contributed by atoms with E-state index in [2.05, 4.69) is 37.7 Å². The summed E-state index contributed by atoms with van der Waals surface area (Å²) in [7, 11) is 4.27. The molecule has 0 aliphatic heterocycles. The molecule has 0 amide bonds. The van der Waals surface area contributed by atoms with Crippen LogP contribution in [0.25, 0.3) is 0 Å². The summed E-state index contributed by atoms with van der Waals surface area (Å²) in [5, 5.41) is 10.3. The smallest absolute Gasteiger partial charge is 0.0580 e. The number of hydrogen-bond donors (Lipinski definition) is 1. The Bertz CT molecular complexity index is 245. The largest absolute Gasteiger partial charge is 0.393 e. The highest BCUT2D eigenvalue weighted by Gasteiger charge is 2.29. The maximum atomic E-state index is 10.3. The fourth-order valence-corrected chi connectivity index (χ4v) is 3.50. The molecular formula is C17H36N2O. The quantitative estimate of drug-likeness (QED) is 0.705. The Hall–Kier alpha value is -0.120. The van der Waals surface area contributed by atoms with Crippen LogP contribution in [0.5, 0.6) is 0 Å². The summed E-state index contributed by atoms with van der Waals surface area (Å²) in [4.78, 5) is 4.81. The molecule has 1 rings (SSSR count). The Balaban J connectivity index is 2.46. The molecule has 120 valence electrons. The molecule has 1 N–H and O–H groups in total. The standard InChI is InChI=1S/C17H36N2O/c1-5-7-15-8-9-17(20)16(13-15)14-19(10-6-2)12-11-18(3)4/h15-17,20H,5-14H2,1-4H3. The van der Waals surface area contributed by atoms with E-state index in [1.165, 1.54) is 32.1 Å². The lowest BCUT2D eigenvalue weighted by Crippen LogP contribution is -2.41. The van der Waals surface area contributed by atoms with E-state index < -0.39 is 0 Å². The number of rotatable bonds is 9. The maximum Gasteiger partial charge on any atom is 0.0580 e. The molecule has 1 aliphatic carbocycles. The second-order valence-electron chi connectivity index (χ2n) is 6.90. The van der Waals surface area contributed by atoms with Crippen LogP contribution in [-0.2, 0) is 0 Å². The highest BCUT2D eigenvalue weighted by molar-refractivity contribution is 4.82. The van der Waals surface area contributed by atoms with E-state index in [1.54, 1.807) is 0 Å². The van der Waals surface area contributed by atoms with E-state index in [1.807, 2.05) is 0 Å². The van der Waals surface area contributed by atoms with Crippen LogP contribution in [0.3, 0.4) is 0 Å². The molecule has 0 aromatic heterocycles. The van der Waals surface area contributed by atoms with Gasteiger partial charge in [0.05, 0.1) is 6.10 Å². The predicted molar refractivity (Wildman–Crippen MR) is 87.0 cm³/mol. The summed E-state index contributed by atoms with van der Waals surface area (Å²) < 4.78 is 0. The molecule has 1 saturated carbocycles. The van der Waals surface area contributed by atoms with Crippen LogP contribution < -0.4 is 0 Å². The highest BCUT2D eigenvalue weighted by Crippen LogP contribution is 2.32. The van der Waals surface area contributed by atoms with Crippen molar-refractivity contribution in [3.63, 3.8) is 0 Å². The average molecular weight is 284 g/mol. The molecule has 0 aromatic carbocycles. The van der Waals surface area contributed by atoms with Gasteiger partial charge in [-0.25, -0.2) is 0 Å². The lowest BCUT2D eigenvalue weighted by atomic mass is 9.77. The van der Waals surface area contributed by atoms with E-state index in [-0.39, 0.29) is 6.10 Å². The van der Waals surface area contributed by atoms with Gasteiger partial charge in [0, 0.05) is 19.6 Å². The number of hydrogen-bond acceptors (Lipinski definition) is 3. The predicted octanol–water partition coefficient (Wildman–Crippen LogP) is 2.84. The number of aliphatic hydroxyl groups excluding tert-OH is 1. The van der Waals surface area contributed by atoms with Crippen molar-refractivity contribution >= 4 is 0 Å². The summed E-state index contributed by atoms with van der Waals surface area (Å²) in [5.74, 6) is 1.35. The van der Waals surface area contributed by atoms with Crippen LogP contribution in [-0.4, -0.2) is 61.3 Å². The van der Waals surface area contributed by atoms with E-state index in [0.717, 1.165) is 38.5 Å². The molecule has 0 aromatic rings. The molecule has 3 nitrogen and oxygen atoms in total. The van der Waals surface area contributed by atoms with Crippen LogP contribution in [0.1, 0.15) is 52.4 Å². The van der Waals surface area contributed by atoms with Crippen molar-refractivity contribution in [1.29, 1.82) is 0 Å². The van der Waals surface area contributed by atoms with Gasteiger partial charge < -0.3 is 14.9 Å². The Morgan fingerprint density at radius 1 is 1.00 bits per heavy atom. The van der Waals surface area contributed by atoms with Crippen molar-refractivity contribution in [1.82, 2.24) is 9.80 Å². The molecule has 0 spiro atoms. The molecule has 1 fully saturated rings. The van der Waals surface area contributed by atoms with Crippen LogP contribution in [0, 0.1) is 11.8 Å². The van der Waals surface area contributed by atoms with E-state index in [4.69, 9.17) is 0 Å². The third-order valence-corrected chi connectivity index (χ3v) is 4.64. The first kappa shape index (κ1) is 17.9. The molecule has 0 heterocycles. The van der Waals surface area contributed by atoms with Crippen molar-refractivity contribution < 1.29 is 5.11 Å². The molecule has 0 saturated heterocycles. The second-order valence-corrected chi connectivity index (χ2v) is 6.90. The second kappa shape index (κ2) is 9.75. The Kier molecular flexibility index (Phi) is 8.74. The fourth-order valence-electron chi connectivity index (χ4n) is 3.50. The van der Waals surface area contributed by atoms with Crippen molar-refractivity contribution in [3.8, 4) is 0 Å². The minimum Gasteiger partial charge on any atom is -0.393 e. The van der Waals surface area contributed by atoms with Crippen molar-refractivity contribution in [2.75, 3.05) is 40.3 Å². The normalized spacial score (nSPS) is 27.4. The summed E-state index contributed by atoms with van der Waals surface area (Å²) >= 11 is 0. The highest BCUT2D eigenvalue weighted by atomic mass is 16.3. The minimum absolute atomic E-state index is 0.0678. The van der Waals surface area contributed by atoms with Crippen LogP contribution in [0.15, 0.2) is 0 Å². The Labute approximate surface area is 126 Å². The molecule has 3 unspecified atom stereocenters. The summed E-state index contributed by atoms with van der Waals surface area (Å²) in [6.45, 7) is 9.02. The van der Waals surface area contributed by atoms with Crippen molar-refractivity contribution in [3.05, 3.63) is 0 Å². The first-order chi connectivity index (χ1) is 9.56. The molecule has 3 atom stereocenters. The molecular weight excluding hydrogens is 248 g/mol. The van der Waals surface area contributed by atoms with Gasteiger partial charge in [0.1, 0.15) is 0 Å². The summed E-state index contributed by atoms with van der Waals surface area (Å²) in [6.07, 6.45) is 7.24. The van der Waals surface area contributed by atoms with Crippen LogP contribution in [0.2, 0.25) is 0 Å². The van der Waals surface area contributed by atoms with E-state index in [9.17, 15) is 5.11 Å². The number of likely N-dealkylation sites (N-methyl/N-ethyl adjacent to an activating group) is 1. The lowest BCUT2D eigenvalue weighted by Gasteiger charge is -2.37. The summed E-state index contributed by atoms with van der Waals surface area (Å²) in [5.41, 5.74) is 0. The van der Waals surface area contributed by atoms with Gasteiger partial charge in [-0.1, -0.05) is 26.7 Å². The van der Waals surface area contributed by atoms with Crippen molar-refractivity contribution in [2.45, 2.75) is 58.5 Å². The van der Waals surface area contributed by atoms with Gasteiger partial charge in [0.15, 0.2) is 0 Å². The monoisotopic (exact) mass is 284 g/mol. The van der Waals surface area contributed by atoms with Gasteiger partial charge in [-0.15, -0.1) is 0 Å². The zero-order valence-corrected chi connectivity index (χ0v) is 14.1. The third-order valence-electron chi connectivity index (χ3n) is 4.64. The number of aliphatic hydroxyl groups is 1. The fraction of sp³-hybridized carbons (Fsp3) is 1.00. The number of nitrogens with zero attached hydrogens (tertiary/aromatic N) is 2. The third kappa shape index (κ3) is 6.55. The van der Waals surface area contributed by atoms with Gasteiger partial charge in [-0.2, -0.15) is 0 Å². The van der Waals surface area contributed by atoms with Crippen LogP contribution in [0.4, 0.5) is 0 Å². The zero-order valence-electron chi connectivity index (χ0n) is 14.1. The zero-order chi connectivity index (χ0) is 15.0. The van der Waals surface area contributed by atoms with Gasteiger partial charge in [0.2, 0.25) is 0 Å². The van der Waals surface area contributed by atoms with Crippen LogP contribution >= 0.6 is 0 Å².